The summed E-state index contributed by atoms with van der Waals surface area (Å²) in [5, 5.41) is 2.96. The highest BCUT2D eigenvalue weighted by atomic mass is 16.5. The number of aryl methyl sites for hydroxylation is 1. The highest BCUT2D eigenvalue weighted by Crippen LogP contribution is 2.26. The molecule has 2 fully saturated rings. The van der Waals surface area contributed by atoms with Crippen molar-refractivity contribution in [3.63, 3.8) is 0 Å². The van der Waals surface area contributed by atoms with Gasteiger partial charge in [-0.05, 0) is 43.2 Å². The lowest BCUT2D eigenvalue weighted by Gasteiger charge is -2.37. The van der Waals surface area contributed by atoms with E-state index in [9.17, 15) is 9.59 Å². The molecular formula is C28H35N5O3. The fourth-order valence-electron chi connectivity index (χ4n) is 5.43. The number of aromatic nitrogens is 2. The molecule has 8 nitrogen and oxygen atoms in total. The number of para-hydroxylation sites is 1. The molecule has 1 aliphatic carbocycles. The van der Waals surface area contributed by atoms with Gasteiger partial charge in [-0.15, -0.1) is 0 Å². The van der Waals surface area contributed by atoms with Crippen LogP contribution in [-0.4, -0.2) is 64.5 Å². The lowest BCUT2D eigenvalue weighted by Crippen LogP contribution is -2.50. The normalized spacial score (nSPS) is 17.3. The number of piperazine rings is 1. The van der Waals surface area contributed by atoms with E-state index < -0.39 is 0 Å². The van der Waals surface area contributed by atoms with E-state index >= 15 is 0 Å². The van der Waals surface area contributed by atoms with Gasteiger partial charge in [0.15, 0.2) is 0 Å². The first kappa shape index (κ1) is 24.3. The second kappa shape index (κ2) is 10.7. The zero-order valence-electron chi connectivity index (χ0n) is 21.2. The Bertz CT molecular complexity index is 1240. The molecule has 1 aromatic heterocycles. The third-order valence-electron chi connectivity index (χ3n) is 7.59. The average molecular weight is 490 g/mol. The smallest absolute Gasteiger partial charge is 0.259 e. The minimum Gasteiger partial charge on any atom is -0.496 e. The first-order valence-electron chi connectivity index (χ1n) is 12.9. The molecule has 36 heavy (non-hydrogen) atoms. The fourth-order valence-corrected chi connectivity index (χ4v) is 5.43. The molecule has 190 valence electrons. The minimum absolute atomic E-state index is 0.219. The molecule has 1 saturated heterocycles. The number of benzene rings is 2. The van der Waals surface area contributed by atoms with E-state index in [4.69, 9.17) is 9.72 Å². The highest BCUT2D eigenvalue weighted by Gasteiger charge is 2.28. The predicted octanol–water partition coefficient (Wildman–Crippen LogP) is 4.06. The second-order valence-corrected chi connectivity index (χ2v) is 9.88. The lowest BCUT2D eigenvalue weighted by molar-refractivity contribution is -0.138. The van der Waals surface area contributed by atoms with Crippen LogP contribution in [-0.2, 0) is 18.4 Å². The summed E-state index contributed by atoms with van der Waals surface area (Å²) in [5.41, 5.74) is 3.05. The van der Waals surface area contributed by atoms with E-state index in [-0.39, 0.29) is 11.8 Å². The average Bonchev–Trinajstić information content (AvgIpc) is 3.23. The number of rotatable bonds is 6. The fraction of sp³-hybridized carbons (Fsp3) is 0.464. The SMILES string of the molecule is COc1ccccc1C(=O)Nc1ccc2c(c1)nc(CN1CCN(C(=O)C3CCCCC3)CC1)n2C. The summed E-state index contributed by atoms with van der Waals surface area (Å²) in [6.07, 6.45) is 5.76. The molecule has 1 aliphatic heterocycles. The van der Waals surface area contributed by atoms with Gasteiger partial charge < -0.3 is 19.5 Å². The third-order valence-corrected chi connectivity index (χ3v) is 7.59. The van der Waals surface area contributed by atoms with Crippen LogP contribution in [0.2, 0.25) is 0 Å². The number of carbonyl (C=O) groups is 2. The molecule has 2 amide bonds. The van der Waals surface area contributed by atoms with E-state index in [1.807, 2.05) is 37.4 Å². The van der Waals surface area contributed by atoms with Crippen LogP contribution in [0.5, 0.6) is 5.75 Å². The molecule has 0 radical (unpaired) electrons. The van der Waals surface area contributed by atoms with E-state index in [2.05, 4.69) is 19.7 Å². The van der Waals surface area contributed by atoms with E-state index in [0.29, 0.717) is 22.9 Å². The number of nitrogens with zero attached hydrogens (tertiary/aromatic N) is 4. The Hall–Kier alpha value is -3.39. The number of hydrogen-bond acceptors (Lipinski definition) is 5. The van der Waals surface area contributed by atoms with Crippen LogP contribution < -0.4 is 10.1 Å². The van der Waals surface area contributed by atoms with Gasteiger partial charge in [0.1, 0.15) is 11.6 Å². The molecule has 0 atom stereocenters. The summed E-state index contributed by atoms with van der Waals surface area (Å²) in [4.78, 5) is 35.0. The number of anilines is 1. The van der Waals surface area contributed by atoms with Crippen molar-refractivity contribution < 1.29 is 14.3 Å². The van der Waals surface area contributed by atoms with Crippen LogP contribution in [0.25, 0.3) is 11.0 Å². The number of imidazole rings is 1. The molecule has 3 aromatic rings. The van der Waals surface area contributed by atoms with Crippen molar-refractivity contribution in [2.45, 2.75) is 38.6 Å². The maximum Gasteiger partial charge on any atom is 0.259 e. The molecule has 1 saturated carbocycles. The van der Waals surface area contributed by atoms with Crippen LogP contribution in [0, 0.1) is 5.92 Å². The molecule has 5 rings (SSSR count). The van der Waals surface area contributed by atoms with Gasteiger partial charge in [0, 0.05) is 44.8 Å². The van der Waals surface area contributed by atoms with E-state index in [1.165, 1.54) is 19.3 Å². The largest absolute Gasteiger partial charge is 0.496 e. The summed E-state index contributed by atoms with van der Waals surface area (Å²) < 4.78 is 7.43. The van der Waals surface area contributed by atoms with Crippen molar-refractivity contribution in [2.24, 2.45) is 13.0 Å². The van der Waals surface area contributed by atoms with Gasteiger partial charge in [-0.1, -0.05) is 31.4 Å². The van der Waals surface area contributed by atoms with Gasteiger partial charge in [-0.3, -0.25) is 14.5 Å². The van der Waals surface area contributed by atoms with Gasteiger partial charge in [-0.25, -0.2) is 4.98 Å². The van der Waals surface area contributed by atoms with E-state index in [1.54, 1.807) is 19.2 Å². The number of ether oxygens (including phenoxy) is 1. The molecule has 0 bridgehead atoms. The number of methoxy groups -OCH3 is 1. The molecule has 8 heteroatoms. The van der Waals surface area contributed by atoms with Crippen molar-refractivity contribution in [1.29, 1.82) is 0 Å². The van der Waals surface area contributed by atoms with Crippen LogP contribution in [0.3, 0.4) is 0 Å². The Morgan fingerprint density at radius 2 is 1.78 bits per heavy atom. The second-order valence-electron chi connectivity index (χ2n) is 9.88. The summed E-state index contributed by atoms with van der Waals surface area (Å²) >= 11 is 0. The van der Waals surface area contributed by atoms with E-state index in [0.717, 1.165) is 62.4 Å². The molecule has 0 unspecified atom stereocenters. The molecule has 2 aliphatic rings. The summed E-state index contributed by atoms with van der Waals surface area (Å²) in [7, 11) is 3.59. The molecule has 2 aromatic carbocycles. The predicted molar refractivity (Wildman–Crippen MR) is 140 cm³/mol. The number of carbonyl (C=O) groups excluding carboxylic acids is 2. The van der Waals surface area contributed by atoms with Crippen molar-refractivity contribution in [2.75, 3.05) is 38.6 Å². The molecule has 1 N–H and O–H groups in total. The van der Waals surface area contributed by atoms with Gasteiger partial charge in [0.2, 0.25) is 5.91 Å². The molecule has 0 spiro atoms. The van der Waals surface area contributed by atoms with Crippen molar-refractivity contribution in [3.8, 4) is 5.75 Å². The Morgan fingerprint density at radius 1 is 1.03 bits per heavy atom. The summed E-state index contributed by atoms with van der Waals surface area (Å²) in [5.74, 6) is 1.90. The number of hydrogen-bond donors (Lipinski definition) is 1. The first-order chi connectivity index (χ1) is 17.5. The van der Waals surface area contributed by atoms with Crippen LogP contribution in [0.1, 0.15) is 48.3 Å². The maximum atomic E-state index is 12.9. The van der Waals surface area contributed by atoms with Crippen molar-refractivity contribution in [3.05, 3.63) is 53.9 Å². The monoisotopic (exact) mass is 489 g/mol. The number of fused-ring (bicyclic) bond motifs is 1. The van der Waals surface area contributed by atoms with Crippen molar-refractivity contribution in [1.82, 2.24) is 19.4 Å². The summed E-state index contributed by atoms with van der Waals surface area (Å²) in [6, 6.07) is 13.0. The third kappa shape index (κ3) is 5.09. The lowest BCUT2D eigenvalue weighted by atomic mass is 9.88. The van der Waals surface area contributed by atoms with Crippen LogP contribution >= 0.6 is 0 Å². The van der Waals surface area contributed by atoms with Gasteiger partial charge in [-0.2, -0.15) is 0 Å². The Balaban J connectivity index is 1.22. The number of amides is 2. The summed E-state index contributed by atoms with van der Waals surface area (Å²) in [6.45, 7) is 4.04. The minimum atomic E-state index is -0.219. The number of nitrogens with one attached hydrogen (secondary N) is 1. The standard InChI is InChI=1S/C28H35N5O3/c1-31-24-13-12-21(29-27(34)22-10-6-7-11-25(22)36-2)18-23(24)30-26(31)19-32-14-16-33(17-15-32)28(35)20-8-4-3-5-9-20/h6-7,10-13,18,20H,3-5,8-9,14-17,19H2,1-2H3,(H,29,34). The van der Waals surface area contributed by atoms with Gasteiger partial charge in [0.25, 0.3) is 5.91 Å². The maximum absolute atomic E-state index is 12.9. The Kier molecular flexibility index (Phi) is 7.23. The van der Waals surface area contributed by atoms with Gasteiger partial charge in [0.05, 0.1) is 30.3 Å². The zero-order valence-corrected chi connectivity index (χ0v) is 21.2. The molecule has 2 heterocycles. The van der Waals surface area contributed by atoms with Gasteiger partial charge >= 0.3 is 0 Å². The van der Waals surface area contributed by atoms with Crippen LogP contribution in [0.4, 0.5) is 5.69 Å². The zero-order chi connectivity index (χ0) is 25.1. The van der Waals surface area contributed by atoms with Crippen LogP contribution in [0.15, 0.2) is 42.5 Å². The highest BCUT2D eigenvalue weighted by molar-refractivity contribution is 6.06. The van der Waals surface area contributed by atoms with Crippen molar-refractivity contribution >= 4 is 28.5 Å². The Labute approximate surface area is 212 Å². The molecular weight excluding hydrogens is 454 g/mol. The quantitative estimate of drug-likeness (QED) is 0.565. The topological polar surface area (TPSA) is 79.7 Å². The Morgan fingerprint density at radius 3 is 2.53 bits per heavy atom. The first-order valence-corrected chi connectivity index (χ1v) is 12.9.